The van der Waals surface area contributed by atoms with Crippen LogP contribution in [0.5, 0.6) is 5.75 Å². The molecular formula is C14H10F3NO3. The molecule has 0 atom stereocenters. The summed E-state index contributed by atoms with van der Waals surface area (Å²) in [7, 11) is 1.43. The standard InChI is InChI=1S/C14H10F3NO3/c1-21-10-4-9(6-18-7-10)8-2-3-12(14(15,16)17)11(5-8)13(19)20/h2-7H,1H3,(H,19,20). The van der Waals surface area contributed by atoms with E-state index in [1.807, 2.05) is 0 Å². The van der Waals surface area contributed by atoms with Gasteiger partial charge in [-0.1, -0.05) is 6.07 Å². The highest BCUT2D eigenvalue weighted by Crippen LogP contribution is 2.34. The third-order valence-corrected chi connectivity index (χ3v) is 2.84. The predicted molar refractivity (Wildman–Crippen MR) is 68.2 cm³/mol. The van der Waals surface area contributed by atoms with Gasteiger partial charge in [0.1, 0.15) is 5.75 Å². The van der Waals surface area contributed by atoms with Gasteiger partial charge in [0, 0.05) is 11.8 Å². The van der Waals surface area contributed by atoms with E-state index in [1.165, 1.54) is 25.6 Å². The van der Waals surface area contributed by atoms with Crippen molar-refractivity contribution in [2.45, 2.75) is 6.18 Å². The lowest BCUT2D eigenvalue weighted by molar-refractivity contribution is -0.138. The normalized spacial score (nSPS) is 11.2. The summed E-state index contributed by atoms with van der Waals surface area (Å²) in [5.74, 6) is -1.22. The molecule has 0 aliphatic heterocycles. The Morgan fingerprint density at radius 3 is 2.48 bits per heavy atom. The van der Waals surface area contributed by atoms with Gasteiger partial charge in [-0.15, -0.1) is 0 Å². The summed E-state index contributed by atoms with van der Waals surface area (Å²) in [4.78, 5) is 14.9. The maximum atomic E-state index is 12.8. The molecule has 4 nitrogen and oxygen atoms in total. The highest BCUT2D eigenvalue weighted by Gasteiger charge is 2.35. The lowest BCUT2D eigenvalue weighted by Gasteiger charge is -2.12. The SMILES string of the molecule is COc1cncc(-c2ccc(C(F)(F)F)c(C(=O)O)c2)c1. The molecule has 0 amide bonds. The van der Waals surface area contributed by atoms with Crippen molar-refractivity contribution in [3.05, 3.63) is 47.8 Å². The first-order chi connectivity index (χ1) is 9.82. The van der Waals surface area contributed by atoms with Crippen LogP contribution in [-0.4, -0.2) is 23.2 Å². The highest BCUT2D eigenvalue weighted by molar-refractivity contribution is 5.91. The zero-order valence-electron chi connectivity index (χ0n) is 10.8. The molecule has 1 N–H and O–H groups in total. The Morgan fingerprint density at radius 1 is 1.19 bits per heavy atom. The average Bonchev–Trinajstić information content (AvgIpc) is 2.45. The molecule has 110 valence electrons. The molecule has 1 aromatic carbocycles. The Morgan fingerprint density at radius 2 is 1.90 bits per heavy atom. The summed E-state index contributed by atoms with van der Waals surface area (Å²) in [5, 5.41) is 8.96. The van der Waals surface area contributed by atoms with Gasteiger partial charge in [0.15, 0.2) is 0 Å². The number of carbonyl (C=O) groups is 1. The third-order valence-electron chi connectivity index (χ3n) is 2.84. The van der Waals surface area contributed by atoms with Gasteiger partial charge in [-0.3, -0.25) is 4.98 Å². The van der Waals surface area contributed by atoms with Crippen molar-refractivity contribution in [3.8, 4) is 16.9 Å². The quantitative estimate of drug-likeness (QED) is 0.942. The Bertz CT molecular complexity index is 683. The number of benzene rings is 1. The minimum atomic E-state index is -4.72. The number of halogens is 3. The van der Waals surface area contributed by atoms with E-state index in [2.05, 4.69) is 4.98 Å². The topological polar surface area (TPSA) is 59.4 Å². The van der Waals surface area contributed by atoms with Gasteiger partial charge in [0.05, 0.1) is 24.4 Å². The van der Waals surface area contributed by atoms with Gasteiger partial charge >= 0.3 is 12.1 Å². The van der Waals surface area contributed by atoms with Crippen LogP contribution in [0.2, 0.25) is 0 Å². The monoisotopic (exact) mass is 297 g/mol. The number of carboxylic acids is 1. The van der Waals surface area contributed by atoms with Crippen molar-refractivity contribution in [1.82, 2.24) is 4.98 Å². The summed E-state index contributed by atoms with van der Waals surface area (Å²) in [6, 6.07) is 4.48. The third kappa shape index (κ3) is 3.13. The second kappa shape index (κ2) is 5.43. The van der Waals surface area contributed by atoms with Crippen LogP contribution in [0.4, 0.5) is 13.2 Å². The molecule has 1 heterocycles. The van der Waals surface area contributed by atoms with E-state index in [0.717, 1.165) is 12.1 Å². The summed E-state index contributed by atoms with van der Waals surface area (Å²) < 4.78 is 43.3. The number of hydrogen-bond acceptors (Lipinski definition) is 3. The van der Waals surface area contributed by atoms with Crippen LogP contribution in [0.1, 0.15) is 15.9 Å². The molecule has 0 aliphatic carbocycles. The molecule has 0 radical (unpaired) electrons. The number of aromatic carboxylic acids is 1. The van der Waals surface area contributed by atoms with E-state index in [9.17, 15) is 18.0 Å². The fraction of sp³-hybridized carbons (Fsp3) is 0.143. The van der Waals surface area contributed by atoms with Crippen LogP contribution in [0, 0.1) is 0 Å². The van der Waals surface area contributed by atoms with E-state index >= 15 is 0 Å². The van der Waals surface area contributed by atoms with Gasteiger partial charge in [0.2, 0.25) is 0 Å². The molecule has 0 aliphatic rings. The molecule has 0 saturated heterocycles. The van der Waals surface area contributed by atoms with Crippen LogP contribution in [0.25, 0.3) is 11.1 Å². The van der Waals surface area contributed by atoms with Crippen LogP contribution in [-0.2, 0) is 6.18 Å². The lowest BCUT2D eigenvalue weighted by Crippen LogP contribution is -2.12. The fourth-order valence-electron chi connectivity index (χ4n) is 1.84. The van der Waals surface area contributed by atoms with Crippen molar-refractivity contribution >= 4 is 5.97 Å². The molecule has 0 spiro atoms. The van der Waals surface area contributed by atoms with E-state index in [4.69, 9.17) is 9.84 Å². The zero-order valence-corrected chi connectivity index (χ0v) is 10.8. The number of methoxy groups -OCH3 is 1. The van der Waals surface area contributed by atoms with Crippen molar-refractivity contribution in [3.63, 3.8) is 0 Å². The summed E-state index contributed by atoms with van der Waals surface area (Å²) in [6.45, 7) is 0. The maximum Gasteiger partial charge on any atom is 0.417 e. The summed E-state index contributed by atoms with van der Waals surface area (Å²) >= 11 is 0. The van der Waals surface area contributed by atoms with Crippen molar-refractivity contribution in [2.24, 2.45) is 0 Å². The largest absolute Gasteiger partial charge is 0.495 e. The molecular weight excluding hydrogens is 287 g/mol. The minimum Gasteiger partial charge on any atom is -0.495 e. The molecule has 2 aromatic rings. The first-order valence-electron chi connectivity index (χ1n) is 5.77. The van der Waals surface area contributed by atoms with Gasteiger partial charge in [-0.05, 0) is 23.8 Å². The summed E-state index contributed by atoms with van der Waals surface area (Å²) in [6.07, 6.45) is -1.87. The number of pyridine rings is 1. The van der Waals surface area contributed by atoms with E-state index in [1.54, 1.807) is 6.07 Å². The molecule has 0 bridgehead atoms. The molecule has 2 rings (SSSR count). The van der Waals surface area contributed by atoms with Crippen molar-refractivity contribution in [1.29, 1.82) is 0 Å². The highest BCUT2D eigenvalue weighted by atomic mass is 19.4. The van der Waals surface area contributed by atoms with Gasteiger partial charge in [-0.2, -0.15) is 13.2 Å². The number of alkyl halides is 3. The summed E-state index contributed by atoms with van der Waals surface area (Å²) in [5.41, 5.74) is -1.21. The van der Waals surface area contributed by atoms with Crippen LogP contribution in [0.15, 0.2) is 36.7 Å². The number of carboxylic acid groups (broad SMARTS) is 1. The molecule has 7 heteroatoms. The number of hydrogen-bond donors (Lipinski definition) is 1. The number of rotatable bonds is 3. The Labute approximate surface area is 117 Å². The minimum absolute atomic E-state index is 0.312. The number of aromatic nitrogens is 1. The Kier molecular flexibility index (Phi) is 3.84. The maximum absolute atomic E-state index is 12.8. The van der Waals surface area contributed by atoms with Crippen LogP contribution in [0.3, 0.4) is 0 Å². The van der Waals surface area contributed by atoms with E-state index in [-0.39, 0.29) is 0 Å². The number of nitrogens with zero attached hydrogens (tertiary/aromatic N) is 1. The number of ether oxygens (including phenoxy) is 1. The zero-order chi connectivity index (χ0) is 15.6. The van der Waals surface area contributed by atoms with Gasteiger partial charge in [-0.25, -0.2) is 4.79 Å². The molecule has 0 unspecified atom stereocenters. The second-order valence-corrected chi connectivity index (χ2v) is 4.18. The fourth-order valence-corrected chi connectivity index (χ4v) is 1.84. The van der Waals surface area contributed by atoms with Crippen LogP contribution < -0.4 is 4.74 Å². The van der Waals surface area contributed by atoms with Gasteiger partial charge in [0.25, 0.3) is 0 Å². The average molecular weight is 297 g/mol. The smallest absolute Gasteiger partial charge is 0.417 e. The van der Waals surface area contributed by atoms with Crippen LogP contribution >= 0.6 is 0 Å². The Balaban J connectivity index is 2.57. The molecule has 21 heavy (non-hydrogen) atoms. The van der Waals surface area contributed by atoms with E-state index < -0.39 is 23.3 Å². The van der Waals surface area contributed by atoms with Crippen molar-refractivity contribution in [2.75, 3.05) is 7.11 Å². The predicted octanol–water partition coefficient (Wildman–Crippen LogP) is 3.47. The first-order valence-corrected chi connectivity index (χ1v) is 5.77. The molecule has 0 fully saturated rings. The molecule has 1 aromatic heterocycles. The second-order valence-electron chi connectivity index (χ2n) is 4.18. The molecule has 0 saturated carbocycles. The van der Waals surface area contributed by atoms with E-state index in [0.29, 0.717) is 16.9 Å². The first kappa shape index (κ1) is 14.8. The lowest BCUT2D eigenvalue weighted by atomic mass is 9.99. The van der Waals surface area contributed by atoms with Crippen molar-refractivity contribution < 1.29 is 27.8 Å². The van der Waals surface area contributed by atoms with Gasteiger partial charge < -0.3 is 9.84 Å². The Hall–Kier alpha value is -2.57.